The number of sulfonamides is 1. The summed E-state index contributed by atoms with van der Waals surface area (Å²) in [5.41, 5.74) is 4.63. The lowest BCUT2D eigenvalue weighted by molar-refractivity contribution is -0.126. The fourth-order valence-corrected chi connectivity index (χ4v) is 7.32. The van der Waals surface area contributed by atoms with Crippen molar-refractivity contribution in [2.45, 2.75) is 56.1 Å². The highest BCUT2D eigenvalue weighted by molar-refractivity contribution is 7.89. The van der Waals surface area contributed by atoms with Crippen molar-refractivity contribution in [3.05, 3.63) is 83.9 Å². The van der Waals surface area contributed by atoms with Crippen molar-refractivity contribution in [2.75, 3.05) is 26.3 Å². The molecule has 10 heteroatoms. The summed E-state index contributed by atoms with van der Waals surface area (Å²) < 4.78 is 34.9. The fourth-order valence-electron chi connectivity index (χ4n) is 5.99. The third kappa shape index (κ3) is 7.15. The van der Waals surface area contributed by atoms with Crippen molar-refractivity contribution >= 4 is 27.0 Å². The molecule has 226 valence electrons. The van der Waals surface area contributed by atoms with Gasteiger partial charge in [-0.2, -0.15) is 0 Å². The molecule has 3 N–H and O–H groups in total. The Kier molecular flexibility index (Phi) is 8.90. The molecule has 1 saturated carbocycles. The first-order valence-corrected chi connectivity index (χ1v) is 16.6. The number of imidazole rings is 1. The van der Waals surface area contributed by atoms with E-state index in [0.717, 1.165) is 49.5 Å². The number of carbonyl (C=O) groups excluding carboxylic acids is 1. The van der Waals surface area contributed by atoms with Crippen molar-refractivity contribution in [1.82, 2.24) is 24.9 Å². The summed E-state index contributed by atoms with van der Waals surface area (Å²) in [6.07, 6.45) is 2.53. The van der Waals surface area contributed by atoms with E-state index in [4.69, 9.17) is 9.72 Å². The Hall–Kier alpha value is -3.57. The van der Waals surface area contributed by atoms with E-state index in [0.29, 0.717) is 37.0 Å². The molecular formula is C33H39N5O4S. The maximum absolute atomic E-state index is 13.3. The van der Waals surface area contributed by atoms with Gasteiger partial charge in [0.25, 0.3) is 0 Å². The molecule has 1 aliphatic carbocycles. The van der Waals surface area contributed by atoms with Gasteiger partial charge in [0.1, 0.15) is 5.82 Å². The second-order valence-electron chi connectivity index (χ2n) is 11.7. The maximum atomic E-state index is 13.3. The lowest BCUT2D eigenvalue weighted by Gasteiger charge is -2.29. The molecule has 2 fully saturated rings. The molecule has 3 aromatic carbocycles. The van der Waals surface area contributed by atoms with E-state index >= 15 is 0 Å². The number of amides is 1. The van der Waals surface area contributed by atoms with E-state index in [2.05, 4.69) is 32.1 Å². The second-order valence-corrected chi connectivity index (χ2v) is 13.4. The van der Waals surface area contributed by atoms with Crippen LogP contribution in [0, 0.1) is 5.92 Å². The van der Waals surface area contributed by atoms with Crippen LogP contribution in [-0.2, 0) is 26.1 Å². The predicted octanol–water partition coefficient (Wildman–Crippen LogP) is 4.78. The minimum Gasteiger partial charge on any atom is -0.379 e. The van der Waals surface area contributed by atoms with Crippen molar-refractivity contribution in [3.8, 4) is 11.4 Å². The Labute approximate surface area is 253 Å². The summed E-state index contributed by atoms with van der Waals surface area (Å²) in [6, 6.07) is 22.9. The molecule has 1 aliphatic heterocycles. The first kappa shape index (κ1) is 29.5. The van der Waals surface area contributed by atoms with Crippen LogP contribution in [0.15, 0.2) is 77.7 Å². The Morgan fingerprint density at radius 1 is 1.00 bits per heavy atom. The average molecular weight is 602 g/mol. The van der Waals surface area contributed by atoms with Crippen molar-refractivity contribution in [2.24, 2.45) is 5.92 Å². The standard InChI is InChI=1S/C33H39N5O4S/c1-23(25-5-3-2-4-6-25)34-33(39)27-11-13-28(14-12-27)37-43(40,41)29-15-16-30-31(21-29)36-32(35-30)26-9-7-24(8-10-26)22-38-17-19-42-20-18-38/h2-10,15-16,21,23,27-28,37H,11-14,17-20,22H2,1H3,(H,34,39)(H,35,36)/t23-,27-,28-/m1/s1. The number of carbonyl (C=O) groups is 1. The minimum atomic E-state index is -3.74. The maximum Gasteiger partial charge on any atom is 0.240 e. The molecular weight excluding hydrogens is 562 g/mol. The van der Waals surface area contributed by atoms with Crippen LogP contribution in [0.2, 0.25) is 0 Å². The highest BCUT2D eigenvalue weighted by Crippen LogP contribution is 2.28. The van der Waals surface area contributed by atoms with Crippen LogP contribution in [0.1, 0.15) is 49.8 Å². The van der Waals surface area contributed by atoms with E-state index in [9.17, 15) is 13.2 Å². The summed E-state index contributed by atoms with van der Waals surface area (Å²) in [5, 5.41) is 3.11. The average Bonchev–Trinajstić information content (AvgIpc) is 3.46. The fraction of sp³-hybridized carbons (Fsp3) is 0.394. The SMILES string of the molecule is C[C@@H](NC(=O)[C@H]1CC[C@H](NS(=O)(=O)c2ccc3[nH]c(-c4ccc(CN5CCOCC5)cc4)nc3c2)CC1)c1ccccc1. The normalized spacial score (nSPS) is 20.6. The summed E-state index contributed by atoms with van der Waals surface area (Å²) in [4.78, 5) is 23.5. The molecule has 1 amide bonds. The zero-order valence-electron chi connectivity index (χ0n) is 24.5. The monoisotopic (exact) mass is 601 g/mol. The van der Waals surface area contributed by atoms with E-state index in [1.54, 1.807) is 18.2 Å². The number of fused-ring (bicyclic) bond motifs is 1. The Balaban J connectivity index is 1.05. The Morgan fingerprint density at radius 3 is 2.44 bits per heavy atom. The van der Waals surface area contributed by atoms with Crippen LogP contribution >= 0.6 is 0 Å². The molecule has 1 atom stereocenters. The summed E-state index contributed by atoms with van der Waals surface area (Å²) in [7, 11) is -3.74. The number of benzene rings is 3. The van der Waals surface area contributed by atoms with Crippen molar-refractivity contribution in [3.63, 3.8) is 0 Å². The van der Waals surface area contributed by atoms with Crippen LogP contribution in [0.5, 0.6) is 0 Å². The first-order chi connectivity index (χ1) is 20.8. The van der Waals surface area contributed by atoms with Gasteiger partial charge in [-0.1, -0.05) is 54.6 Å². The quantitative estimate of drug-likeness (QED) is 0.254. The van der Waals surface area contributed by atoms with Gasteiger partial charge in [-0.15, -0.1) is 0 Å². The molecule has 2 heterocycles. The van der Waals surface area contributed by atoms with Gasteiger partial charge in [-0.3, -0.25) is 9.69 Å². The number of H-pyrrole nitrogens is 1. The zero-order valence-corrected chi connectivity index (χ0v) is 25.3. The number of rotatable bonds is 9. The number of hydrogen-bond acceptors (Lipinski definition) is 6. The number of ether oxygens (including phenoxy) is 1. The van der Waals surface area contributed by atoms with Gasteiger partial charge >= 0.3 is 0 Å². The Bertz CT molecular complexity index is 1640. The van der Waals surface area contributed by atoms with Gasteiger partial charge < -0.3 is 15.0 Å². The molecule has 0 unspecified atom stereocenters. The predicted molar refractivity (Wildman–Crippen MR) is 167 cm³/mol. The second kappa shape index (κ2) is 13.0. The summed E-state index contributed by atoms with van der Waals surface area (Å²) in [5.74, 6) is 0.622. The van der Waals surface area contributed by atoms with Gasteiger partial charge in [0.2, 0.25) is 15.9 Å². The van der Waals surface area contributed by atoms with Crippen LogP contribution in [0.3, 0.4) is 0 Å². The first-order valence-electron chi connectivity index (χ1n) is 15.1. The lowest BCUT2D eigenvalue weighted by Crippen LogP contribution is -2.41. The number of aromatic nitrogens is 2. The highest BCUT2D eigenvalue weighted by atomic mass is 32.2. The van der Waals surface area contributed by atoms with Crippen molar-refractivity contribution in [1.29, 1.82) is 0 Å². The van der Waals surface area contributed by atoms with E-state index < -0.39 is 10.0 Å². The molecule has 6 rings (SSSR count). The van der Waals surface area contributed by atoms with Crippen LogP contribution in [-0.4, -0.2) is 61.5 Å². The number of morpholine rings is 1. The molecule has 43 heavy (non-hydrogen) atoms. The number of nitrogens with one attached hydrogen (secondary N) is 3. The molecule has 0 bridgehead atoms. The van der Waals surface area contributed by atoms with Gasteiger partial charge in [-0.25, -0.2) is 18.1 Å². The Morgan fingerprint density at radius 2 is 1.72 bits per heavy atom. The van der Waals surface area contributed by atoms with Gasteiger partial charge in [0.05, 0.1) is 35.2 Å². The minimum absolute atomic E-state index is 0.0317. The third-order valence-corrected chi connectivity index (χ3v) is 10.1. The number of aromatic amines is 1. The molecule has 9 nitrogen and oxygen atoms in total. The molecule has 1 aromatic heterocycles. The summed E-state index contributed by atoms with van der Waals surface area (Å²) >= 11 is 0. The molecule has 1 saturated heterocycles. The smallest absolute Gasteiger partial charge is 0.240 e. The molecule has 4 aromatic rings. The van der Waals surface area contributed by atoms with Crippen LogP contribution < -0.4 is 10.0 Å². The molecule has 0 spiro atoms. The highest BCUT2D eigenvalue weighted by Gasteiger charge is 2.30. The lowest BCUT2D eigenvalue weighted by atomic mass is 9.85. The van der Waals surface area contributed by atoms with E-state index in [-0.39, 0.29) is 28.8 Å². The van der Waals surface area contributed by atoms with E-state index in [1.807, 2.05) is 49.4 Å². The third-order valence-electron chi connectivity index (χ3n) is 8.58. The number of nitrogens with zero attached hydrogens (tertiary/aromatic N) is 2. The van der Waals surface area contributed by atoms with Gasteiger partial charge in [-0.05, 0) is 61.9 Å². The largest absolute Gasteiger partial charge is 0.379 e. The molecule has 2 aliphatic rings. The van der Waals surface area contributed by atoms with Crippen molar-refractivity contribution < 1.29 is 17.9 Å². The van der Waals surface area contributed by atoms with Crippen LogP contribution in [0.25, 0.3) is 22.4 Å². The zero-order chi connectivity index (χ0) is 29.8. The molecule has 0 radical (unpaired) electrons. The van der Waals surface area contributed by atoms with E-state index in [1.165, 1.54) is 5.56 Å². The van der Waals surface area contributed by atoms with Gasteiger partial charge in [0, 0.05) is 37.2 Å². The number of hydrogen-bond donors (Lipinski definition) is 3. The van der Waals surface area contributed by atoms with Crippen LogP contribution in [0.4, 0.5) is 0 Å². The topological polar surface area (TPSA) is 116 Å². The summed E-state index contributed by atoms with van der Waals surface area (Å²) in [6.45, 7) is 6.31. The van der Waals surface area contributed by atoms with Gasteiger partial charge in [0.15, 0.2) is 0 Å².